The number of aromatic nitrogens is 1. The first kappa shape index (κ1) is 23.5. The second-order valence-electron chi connectivity index (χ2n) is 8.10. The van der Waals surface area contributed by atoms with E-state index in [-0.39, 0.29) is 33.4 Å². The fourth-order valence-electron chi connectivity index (χ4n) is 3.30. The van der Waals surface area contributed by atoms with Gasteiger partial charge in [-0.05, 0) is 52.3 Å². The van der Waals surface area contributed by atoms with Crippen LogP contribution in [0.5, 0.6) is 0 Å². The number of nitrogens with zero attached hydrogens (tertiary/aromatic N) is 3. The molecule has 0 saturated heterocycles. The molecule has 2 aromatic rings. The van der Waals surface area contributed by atoms with E-state index in [1.807, 2.05) is 0 Å². The fourth-order valence-corrected chi connectivity index (χ4v) is 3.57. The third kappa shape index (κ3) is 4.52. The van der Waals surface area contributed by atoms with E-state index in [0.29, 0.717) is 5.76 Å². The van der Waals surface area contributed by atoms with Crippen LogP contribution in [-0.2, 0) is 14.3 Å². The molecule has 0 spiro atoms. The van der Waals surface area contributed by atoms with Crippen molar-refractivity contribution < 1.29 is 27.9 Å². The number of esters is 1. The van der Waals surface area contributed by atoms with Crippen LogP contribution in [0.25, 0.3) is 0 Å². The number of allylic oxidation sites excluding steroid dienone is 1. The lowest BCUT2D eigenvalue weighted by atomic mass is 9.93. The van der Waals surface area contributed by atoms with E-state index in [9.17, 15) is 14.0 Å². The van der Waals surface area contributed by atoms with Crippen molar-refractivity contribution in [1.82, 2.24) is 9.88 Å². The molecule has 2 heterocycles. The molecule has 10 heteroatoms. The second-order valence-corrected chi connectivity index (χ2v) is 8.51. The second kappa shape index (κ2) is 8.74. The largest absolute Gasteiger partial charge is 0.466 e. The minimum absolute atomic E-state index is 0.0101. The van der Waals surface area contributed by atoms with Crippen LogP contribution in [0.4, 0.5) is 9.18 Å². The first-order valence-corrected chi connectivity index (χ1v) is 10.1. The Morgan fingerprint density at radius 2 is 1.94 bits per heavy atom. The number of halogens is 2. The zero-order valence-corrected chi connectivity index (χ0v) is 19.3. The monoisotopic (exact) mass is 463 g/mol. The van der Waals surface area contributed by atoms with Crippen molar-refractivity contribution in [3.63, 3.8) is 0 Å². The molecule has 3 rings (SSSR count). The zero-order valence-electron chi connectivity index (χ0n) is 18.5. The zero-order chi connectivity index (χ0) is 23.8. The van der Waals surface area contributed by atoms with Gasteiger partial charge < -0.3 is 13.9 Å². The van der Waals surface area contributed by atoms with Gasteiger partial charge in [0.15, 0.2) is 12.2 Å². The van der Waals surface area contributed by atoms with Crippen molar-refractivity contribution in [3.8, 4) is 0 Å². The lowest BCUT2D eigenvalue weighted by molar-refractivity contribution is -0.136. The molecule has 0 fully saturated rings. The number of aryl methyl sites for hydroxylation is 1. The van der Waals surface area contributed by atoms with E-state index in [4.69, 9.17) is 25.5 Å². The number of hydrogen-bond acceptors (Lipinski definition) is 7. The van der Waals surface area contributed by atoms with Crippen LogP contribution >= 0.6 is 11.6 Å². The molecule has 0 aliphatic carbocycles. The highest BCUT2D eigenvalue weighted by Gasteiger charge is 2.44. The van der Waals surface area contributed by atoms with E-state index in [1.54, 1.807) is 34.6 Å². The summed E-state index contributed by atoms with van der Waals surface area (Å²) in [6.07, 6.45) is 0.410. The van der Waals surface area contributed by atoms with Crippen molar-refractivity contribution in [3.05, 3.63) is 63.7 Å². The normalized spacial score (nSPS) is 16.7. The maximum atomic E-state index is 13.8. The summed E-state index contributed by atoms with van der Waals surface area (Å²) < 4.78 is 29.7. The first-order chi connectivity index (χ1) is 14.9. The number of carbonyl (C=O) groups is 2. The smallest absolute Gasteiger partial charge is 0.416 e. The summed E-state index contributed by atoms with van der Waals surface area (Å²) in [6, 6.07) is 2.57. The minimum Gasteiger partial charge on any atom is -0.466 e. The molecule has 1 unspecified atom stereocenters. The van der Waals surface area contributed by atoms with Gasteiger partial charge in [0.2, 0.25) is 0 Å². The summed E-state index contributed by atoms with van der Waals surface area (Å²) in [4.78, 5) is 36.0. The molecule has 1 aliphatic rings. The van der Waals surface area contributed by atoms with Gasteiger partial charge >= 0.3 is 12.1 Å². The average molecular weight is 464 g/mol. The van der Waals surface area contributed by atoms with Crippen LogP contribution in [-0.4, -0.2) is 40.5 Å². The Morgan fingerprint density at radius 1 is 1.25 bits per heavy atom. The number of hydrogen-bond donors (Lipinski definition) is 0. The van der Waals surface area contributed by atoms with E-state index in [2.05, 4.69) is 9.98 Å². The molecule has 1 aliphatic heterocycles. The van der Waals surface area contributed by atoms with Gasteiger partial charge in [0.25, 0.3) is 0 Å². The third-order valence-corrected chi connectivity index (χ3v) is 4.96. The minimum atomic E-state index is -1.12. The Hall–Kier alpha value is -3.20. The van der Waals surface area contributed by atoms with E-state index >= 15 is 0 Å². The van der Waals surface area contributed by atoms with E-state index < -0.39 is 29.5 Å². The Balaban J connectivity index is 2.33. The van der Waals surface area contributed by atoms with Crippen molar-refractivity contribution in [2.75, 3.05) is 7.11 Å². The Labute approximate surface area is 189 Å². The van der Waals surface area contributed by atoms with Crippen LogP contribution in [0.15, 0.2) is 45.3 Å². The molecule has 1 amide bonds. The topological polar surface area (TPSA) is 94.2 Å². The van der Waals surface area contributed by atoms with Crippen LogP contribution in [0.1, 0.15) is 50.8 Å². The van der Waals surface area contributed by atoms with Crippen molar-refractivity contribution in [2.45, 2.75) is 46.3 Å². The maximum absolute atomic E-state index is 13.8. The van der Waals surface area contributed by atoms with Crippen LogP contribution in [0, 0.1) is 12.7 Å². The molecule has 1 atom stereocenters. The summed E-state index contributed by atoms with van der Waals surface area (Å²) in [5, 5.41) is 0.0101. The van der Waals surface area contributed by atoms with Gasteiger partial charge in [-0.1, -0.05) is 17.7 Å². The number of ether oxygens (including phenoxy) is 2. The standard InChI is InChI=1S/C22H23ClFN3O5/c1-11-16(20(28)30-6)18(14-8-7-13(24)9-15(14)23)27(21(29)32-22(3,4)5)19(26-11)17-12(2)31-10-25-17/h7-10,18H,1-6H3. The van der Waals surface area contributed by atoms with Crippen LogP contribution in [0.2, 0.25) is 5.02 Å². The molecule has 1 aromatic carbocycles. The number of amidine groups is 1. The molecular weight excluding hydrogens is 441 g/mol. The molecule has 1 aromatic heterocycles. The van der Waals surface area contributed by atoms with Crippen molar-refractivity contribution in [1.29, 1.82) is 0 Å². The lowest BCUT2D eigenvalue weighted by Crippen LogP contribution is -2.47. The van der Waals surface area contributed by atoms with E-state index in [1.165, 1.54) is 25.6 Å². The number of methoxy groups -OCH3 is 1. The van der Waals surface area contributed by atoms with Crippen molar-refractivity contribution in [2.24, 2.45) is 4.99 Å². The predicted molar refractivity (Wildman–Crippen MR) is 115 cm³/mol. The molecule has 170 valence electrons. The number of rotatable bonds is 3. The molecule has 0 bridgehead atoms. The quantitative estimate of drug-likeness (QED) is 0.597. The fraction of sp³-hybridized carbons (Fsp3) is 0.364. The Morgan fingerprint density at radius 3 is 2.47 bits per heavy atom. The summed E-state index contributed by atoms with van der Waals surface area (Å²) in [7, 11) is 1.21. The number of aliphatic imine (C=N–C) groups is 1. The SMILES string of the molecule is COC(=O)C1=C(C)N=C(c2ncoc2C)N(C(=O)OC(C)(C)C)C1c1ccc(F)cc1Cl. The van der Waals surface area contributed by atoms with Gasteiger partial charge in [0.05, 0.1) is 18.4 Å². The molecule has 0 N–H and O–H groups in total. The number of oxazole rings is 1. The van der Waals surface area contributed by atoms with Gasteiger partial charge in [-0.3, -0.25) is 0 Å². The molecule has 0 radical (unpaired) electrons. The Kier molecular flexibility index (Phi) is 6.41. The predicted octanol–water partition coefficient (Wildman–Crippen LogP) is 4.96. The summed E-state index contributed by atoms with van der Waals surface area (Å²) >= 11 is 6.36. The van der Waals surface area contributed by atoms with Crippen molar-refractivity contribution >= 4 is 29.5 Å². The van der Waals surface area contributed by atoms with E-state index in [0.717, 1.165) is 11.0 Å². The van der Waals surface area contributed by atoms with Gasteiger partial charge in [-0.15, -0.1) is 0 Å². The maximum Gasteiger partial charge on any atom is 0.416 e. The highest BCUT2D eigenvalue weighted by molar-refractivity contribution is 6.31. The highest BCUT2D eigenvalue weighted by atomic mass is 35.5. The molecular formula is C22H23ClFN3O5. The van der Waals surface area contributed by atoms with Gasteiger partial charge in [0, 0.05) is 5.02 Å². The number of benzene rings is 1. The summed E-state index contributed by atoms with van der Waals surface area (Å²) in [6.45, 7) is 8.37. The molecule has 32 heavy (non-hydrogen) atoms. The first-order valence-electron chi connectivity index (χ1n) is 9.70. The highest BCUT2D eigenvalue weighted by Crippen LogP contribution is 2.41. The average Bonchev–Trinajstić information content (AvgIpc) is 3.11. The van der Waals surface area contributed by atoms with Gasteiger partial charge in [-0.2, -0.15) is 0 Å². The Bertz CT molecular complexity index is 1130. The molecule has 0 saturated carbocycles. The van der Waals surface area contributed by atoms with Crippen LogP contribution in [0.3, 0.4) is 0 Å². The lowest BCUT2D eigenvalue weighted by Gasteiger charge is -2.37. The number of amides is 1. The summed E-state index contributed by atoms with van der Waals surface area (Å²) in [5.74, 6) is -0.794. The number of carbonyl (C=O) groups excluding carboxylic acids is 2. The third-order valence-electron chi connectivity index (χ3n) is 4.63. The van der Waals surface area contributed by atoms with Gasteiger partial charge in [0.1, 0.15) is 28.9 Å². The van der Waals surface area contributed by atoms with Gasteiger partial charge in [-0.25, -0.2) is 28.9 Å². The summed E-state index contributed by atoms with van der Waals surface area (Å²) in [5.41, 5.74) is 0.0330. The molecule has 8 nitrogen and oxygen atoms in total. The van der Waals surface area contributed by atoms with Crippen LogP contribution < -0.4 is 0 Å².